The van der Waals surface area contributed by atoms with Gasteiger partial charge in [0.1, 0.15) is 37.1 Å². The van der Waals surface area contributed by atoms with E-state index in [0.29, 0.717) is 41.6 Å². The Balaban J connectivity index is 1.31. The molecule has 14 nitrogen and oxygen atoms in total. The van der Waals surface area contributed by atoms with Crippen LogP contribution in [-0.2, 0) is 24.0 Å². The summed E-state index contributed by atoms with van der Waals surface area (Å²) in [6, 6.07) is -0.924. The van der Waals surface area contributed by atoms with E-state index in [1.165, 1.54) is 35.0 Å². The van der Waals surface area contributed by atoms with Gasteiger partial charge in [-0.25, -0.2) is 9.19 Å². The Morgan fingerprint density at radius 3 is 2.54 bits per heavy atom. The van der Waals surface area contributed by atoms with Crippen molar-refractivity contribution in [3.8, 4) is 0 Å². The van der Waals surface area contributed by atoms with Crippen molar-refractivity contribution in [3.63, 3.8) is 0 Å². The highest BCUT2D eigenvalue weighted by molar-refractivity contribution is 8.00. The number of thioether (sulfide) groups is 1. The normalized spacial score (nSPS) is 34.8. The Bertz CT molecular complexity index is 1120. The molecule has 1 unspecified atom stereocenters. The van der Waals surface area contributed by atoms with Crippen molar-refractivity contribution in [3.05, 3.63) is 11.3 Å². The molecule has 16 heteroatoms. The van der Waals surface area contributed by atoms with Gasteiger partial charge >= 0.3 is 5.97 Å². The van der Waals surface area contributed by atoms with Crippen LogP contribution in [0, 0.1) is 5.41 Å². The number of carbonyl (C=O) groups excluding carboxylic acids is 3. The maximum Gasteiger partial charge on any atom is 0.352 e. The molecule has 4 fully saturated rings. The van der Waals surface area contributed by atoms with E-state index in [1.54, 1.807) is 0 Å². The van der Waals surface area contributed by atoms with Crippen LogP contribution in [0.2, 0.25) is 0 Å². The fourth-order valence-electron chi connectivity index (χ4n) is 5.81. The number of amides is 3. The van der Waals surface area contributed by atoms with Crippen LogP contribution >= 0.6 is 23.7 Å². The van der Waals surface area contributed by atoms with Crippen LogP contribution < -0.4 is 16.8 Å². The molecule has 3 atom stereocenters. The smallest absolute Gasteiger partial charge is 0.352 e. The molecule has 6 aliphatic rings. The van der Waals surface area contributed by atoms with Crippen LogP contribution in [0.4, 0.5) is 0 Å². The average Bonchev–Trinajstić information content (AvgIpc) is 3.31. The summed E-state index contributed by atoms with van der Waals surface area (Å²) in [6.45, 7) is 2.76. The summed E-state index contributed by atoms with van der Waals surface area (Å²) in [5.41, 5.74) is 11.2. The molecule has 0 aromatic rings. The minimum atomic E-state index is -1.17. The Hall–Kier alpha value is -2.82. The Labute approximate surface area is 221 Å². The highest BCUT2D eigenvalue weighted by Crippen LogP contribution is 2.46. The molecule has 0 aromatic heterocycles. The molecule has 0 radical (unpaired) electrons. The van der Waals surface area contributed by atoms with Crippen molar-refractivity contribution in [1.29, 1.82) is 0 Å². The third-order valence-corrected chi connectivity index (χ3v) is 10.0. The molecule has 0 aromatic carbocycles. The maximum atomic E-state index is 13.1. The van der Waals surface area contributed by atoms with Gasteiger partial charge in [-0.05, 0) is 0 Å². The largest absolute Gasteiger partial charge is 0.477 e. The van der Waals surface area contributed by atoms with Gasteiger partial charge in [0.05, 0.1) is 25.0 Å². The molecule has 0 saturated carbocycles. The number of aliphatic carboxylic acids is 1. The first kappa shape index (κ1) is 25.8. The fourth-order valence-corrected chi connectivity index (χ4v) is 7.68. The molecule has 37 heavy (non-hydrogen) atoms. The number of carboxylic acids is 1. The van der Waals surface area contributed by atoms with Crippen LogP contribution in [0.3, 0.4) is 0 Å². The molecular weight excluding hydrogens is 524 g/mol. The van der Waals surface area contributed by atoms with E-state index in [-0.39, 0.29) is 17.4 Å². The zero-order valence-electron chi connectivity index (χ0n) is 20.2. The Morgan fingerprint density at radius 1 is 1.32 bits per heavy atom. The van der Waals surface area contributed by atoms with Gasteiger partial charge in [0.25, 0.3) is 11.8 Å². The predicted molar refractivity (Wildman–Crippen MR) is 135 cm³/mol. The lowest BCUT2D eigenvalue weighted by molar-refractivity contribution is -0.940. The first-order valence-electron chi connectivity index (χ1n) is 11.8. The number of hydrogen-bond acceptors (Lipinski definition) is 10. The highest BCUT2D eigenvalue weighted by atomic mass is 32.2. The van der Waals surface area contributed by atoms with E-state index < -0.39 is 40.1 Å². The number of β-lactam (4-membered cyclic amide) rings is 1. The molecule has 6 heterocycles. The molecule has 6 aliphatic heterocycles. The van der Waals surface area contributed by atoms with E-state index in [2.05, 4.69) is 14.9 Å². The molecule has 6 rings (SSSR count). The van der Waals surface area contributed by atoms with Crippen molar-refractivity contribution in [1.82, 2.24) is 15.1 Å². The number of fused-ring (bicyclic) bond motifs is 4. The predicted octanol–water partition coefficient (Wildman–Crippen LogP) is -1.59. The standard InChI is InChI=1S/C21H28N8O6S2/c1-35-26-14(27-10-24-37-20(27)23)15(30)25-12-16(31)28-13(18(32)33)11(9-36-17(12)28)8-29-5-2-21(3-6-29,4-7-29)19(22)34/h10,12,17,20H,2-9,23H2,1H3,(H3-,22,25,30,32,33,34)/p+1/t12-,17+,20?,21?,29?/m1/s1. The fraction of sp³-hybridized carbons (Fsp3) is 0.619. The minimum Gasteiger partial charge on any atom is -0.477 e. The number of hydrogen-bond donors (Lipinski definition) is 4. The SMILES string of the molecule is CON=C(C(=O)N[C@@H]1C(=O)N2C(C(=O)O)=C(C[N+]34CCC(C(N)=O)(CC3)CC4)CS[C@@H]12)N1C=NSC1N. The quantitative estimate of drug-likeness (QED) is 0.0744. The van der Waals surface area contributed by atoms with Crippen LogP contribution in [0.1, 0.15) is 19.3 Å². The molecule has 200 valence electrons. The topological polar surface area (TPSA) is 193 Å². The van der Waals surface area contributed by atoms with Gasteiger partial charge in [-0.2, -0.15) is 0 Å². The maximum absolute atomic E-state index is 13.1. The third-order valence-electron chi connectivity index (χ3n) is 8.02. The average molecular weight is 554 g/mol. The number of rotatable bonds is 6. The number of nitrogens with zero attached hydrogens (tertiary/aromatic N) is 5. The zero-order chi connectivity index (χ0) is 26.5. The molecular formula is C21H29N8O6S2+. The second kappa shape index (κ2) is 9.49. The summed E-state index contributed by atoms with van der Waals surface area (Å²) in [7, 11) is 1.28. The Morgan fingerprint density at radius 2 is 2.00 bits per heavy atom. The number of nitrogens with two attached hydrogens (primary N) is 2. The van der Waals surface area contributed by atoms with E-state index in [4.69, 9.17) is 16.3 Å². The molecule has 0 aliphatic carbocycles. The van der Waals surface area contributed by atoms with Crippen LogP contribution in [0.5, 0.6) is 0 Å². The van der Waals surface area contributed by atoms with Gasteiger partial charge in [-0.1, -0.05) is 5.16 Å². The van der Waals surface area contributed by atoms with Gasteiger partial charge in [-0.15, -0.1) is 11.8 Å². The summed E-state index contributed by atoms with van der Waals surface area (Å²) >= 11 is 2.45. The summed E-state index contributed by atoms with van der Waals surface area (Å²) in [5.74, 6) is -2.35. The van der Waals surface area contributed by atoms with Crippen LogP contribution in [-0.4, -0.2) is 111 Å². The summed E-state index contributed by atoms with van der Waals surface area (Å²) in [5, 5.41) is 15.9. The van der Waals surface area contributed by atoms with Crippen molar-refractivity contribution >= 4 is 59.6 Å². The molecule has 0 spiro atoms. The first-order chi connectivity index (χ1) is 17.6. The molecule has 2 bridgehead atoms. The lowest BCUT2D eigenvalue weighted by Crippen LogP contribution is -2.72. The second-order valence-corrected chi connectivity index (χ2v) is 11.9. The minimum absolute atomic E-state index is 0.0139. The number of quaternary nitrogens is 1. The second-order valence-electron chi connectivity index (χ2n) is 9.90. The number of oxime groups is 1. The van der Waals surface area contributed by atoms with E-state index >= 15 is 0 Å². The van der Waals surface area contributed by atoms with Gasteiger partial charge in [0, 0.05) is 42.5 Å². The zero-order valence-corrected chi connectivity index (χ0v) is 21.8. The van der Waals surface area contributed by atoms with Gasteiger partial charge in [0.2, 0.25) is 11.7 Å². The number of primary amides is 1. The van der Waals surface area contributed by atoms with Gasteiger partial charge in [0.15, 0.2) is 5.50 Å². The van der Waals surface area contributed by atoms with Crippen molar-refractivity contribution in [2.24, 2.45) is 26.4 Å². The third kappa shape index (κ3) is 4.24. The van der Waals surface area contributed by atoms with E-state index in [9.17, 15) is 24.3 Å². The lowest BCUT2D eigenvalue weighted by Gasteiger charge is -2.55. The van der Waals surface area contributed by atoms with Gasteiger partial charge in [-0.3, -0.25) is 24.2 Å². The van der Waals surface area contributed by atoms with E-state index in [1.807, 2.05) is 0 Å². The molecule has 3 amide bonds. The number of carbonyl (C=O) groups is 4. The monoisotopic (exact) mass is 553 g/mol. The summed E-state index contributed by atoms with van der Waals surface area (Å²) in [6.07, 6.45) is 3.43. The number of piperidine rings is 3. The first-order valence-corrected chi connectivity index (χ1v) is 13.7. The van der Waals surface area contributed by atoms with E-state index in [0.717, 1.165) is 31.6 Å². The Kier molecular flexibility index (Phi) is 6.62. The molecule has 4 saturated heterocycles. The van der Waals surface area contributed by atoms with Crippen molar-refractivity contribution in [2.75, 3.05) is 39.0 Å². The van der Waals surface area contributed by atoms with Crippen LogP contribution in [0.15, 0.2) is 20.8 Å². The van der Waals surface area contributed by atoms with Crippen molar-refractivity contribution in [2.45, 2.75) is 36.2 Å². The molecule has 6 N–H and O–H groups in total. The highest BCUT2D eigenvalue weighted by Gasteiger charge is 2.57. The van der Waals surface area contributed by atoms with Crippen molar-refractivity contribution < 1.29 is 33.6 Å². The lowest BCUT2D eigenvalue weighted by atomic mass is 9.70. The number of nitrogens with one attached hydrogen (secondary N) is 1. The summed E-state index contributed by atoms with van der Waals surface area (Å²) < 4.78 is 4.64. The van der Waals surface area contributed by atoms with Gasteiger partial charge < -0.3 is 31.2 Å². The number of amidine groups is 1. The number of carboxylic acid groups (broad SMARTS) is 1. The summed E-state index contributed by atoms with van der Waals surface area (Å²) in [4.78, 5) is 57.8. The van der Waals surface area contributed by atoms with Crippen LogP contribution in [0.25, 0.3) is 0 Å².